The smallest absolute Gasteiger partial charge is 0.263 e. The number of nitrogens with one attached hydrogen (secondary N) is 1. The number of hydrogen-bond acceptors (Lipinski definition) is 8. The van der Waals surface area contributed by atoms with Gasteiger partial charge in [-0.25, -0.2) is 16.8 Å². The zero-order valence-electron chi connectivity index (χ0n) is 19.1. The van der Waals surface area contributed by atoms with Crippen LogP contribution in [0, 0.1) is 0 Å². The summed E-state index contributed by atoms with van der Waals surface area (Å²) in [6.07, 6.45) is 0.0688. The predicted molar refractivity (Wildman–Crippen MR) is 128 cm³/mol. The highest BCUT2D eigenvalue weighted by atomic mass is 32.2. The molecule has 1 fully saturated rings. The van der Waals surface area contributed by atoms with Crippen LogP contribution in [-0.4, -0.2) is 85.4 Å². The van der Waals surface area contributed by atoms with Crippen LogP contribution in [0.2, 0.25) is 0 Å². The number of amides is 1. The molecule has 2 aliphatic rings. The number of nitrogens with zero attached hydrogens (tertiary/aromatic N) is 2. The Morgan fingerprint density at radius 3 is 2.43 bits per heavy atom. The van der Waals surface area contributed by atoms with E-state index in [0.29, 0.717) is 43.5 Å². The van der Waals surface area contributed by atoms with Crippen LogP contribution in [0.1, 0.15) is 0 Å². The van der Waals surface area contributed by atoms with Crippen LogP contribution in [0.15, 0.2) is 53.4 Å². The molecule has 0 bridgehead atoms. The molecule has 0 unspecified atom stereocenters. The molecule has 190 valence electrons. The minimum atomic E-state index is -3.59. The van der Waals surface area contributed by atoms with Gasteiger partial charge in [-0.05, 0) is 36.4 Å². The third kappa shape index (κ3) is 5.86. The monoisotopic (exact) mass is 525 g/mol. The lowest BCUT2D eigenvalue weighted by atomic mass is 10.2. The van der Waals surface area contributed by atoms with E-state index in [9.17, 15) is 21.6 Å². The van der Waals surface area contributed by atoms with E-state index in [1.807, 2.05) is 0 Å². The van der Waals surface area contributed by atoms with Gasteiger partial charge >= 0.3 is 0 Å². The molecule has 0 aromatic heterocycles. The summed E-state index contributed by atoms with van der Waals surface area (Å²) in [5, 5.41) is 2.68. The Hall–Kier alpha value is -2.87. The first-order valence-electron chi connectivity index (χ1n) is 11.0. The molecule has 0 saturated carbocycles. The number of para-hydroxylation sites is 2. The fourth-order valence-corrected chi connectivity index (χ4v) is 6.08. The summed E-state index contributed by atoms with van der Waals surface area (Å²) >= 11 is 0. The molecule has 1 atom stereocenters. The molecule has 1 saturated heterocycles. The van der Waals surface area contributed by atoms with Gasteiger partial charge in [-0.3, -0.25) is 9.10 Å². The molecule has 35 heavy (non-hydrogen) atoms. The number of morpholine rings is 1. The lowest BCUT2D eigenvalue weighted by Gasteiger charge is -2.33. The van der Waals surface area contributed by atoms with Gasteiger partial charge in [0.1, 0.15) is 18.1 Å². The van der Waals surface area contributed by atoms with E-state index in [2.05, 4.69) is 5.32 Å². The first-order valence-corrected chi connectivity index (χ1v) is 14.3. The molecule has 2 aliphatic heterocycles. The Labute approximate surface area is 204 Å². The van der Waals surface area contributed by atoms with Crippen molar-refractivity contribution in [3.8, 4) is 11.5 Å². The highest BCUT2D eigenvalue weighted by molar-refractivity contribution is 7.92. The van der Waals surface area contributed by atoms with Crippen molar-refractivity contribution < 1.29 is 35.8 Å². The number of carbonyl (C=O) groups is 1. The first kappa shape index (κ1) is 25.2. The van der Waals surface area contributed by atoms with E-state index >= 15 is 0 Å². The summed E-state index contributed by atoms with van der Waals surface area (Å²) in [6, 6.07) is 12.7. The van der Waals surface area contributed by atoms with E-state index in [0.717, 1.165) is 10.6 Å². The Kier molecular flexibility index (Phi) is 7.50. The molecule has 2 aromatic rings. The maximum atomic E-state index is 12.7. The summed E-state index contributed by atoms with van der Waals surface area (Å²) in [4.78, 5) is 12.8. The van der Waals surface area contributed by atoms with Crippen molar-refractivity contribution in [1.82, 2.24) is 9.62 Å². The normalized spacial score (nSPS) is 18.9. The molecule has 0 radical (unpaired) electrons. The SMILES string of the molecule is CS(=O)(=O)N1C[C@H](C(=O)NCCOc2ccc(S(=O)(=O)N3CCOCC3)cc2)Oc2ccccc21. The number of hydrogen-bond donors (Lipinski definition) is 1. The predicted octanol–water partition coefficient (Wildman–Crippen LogP) is 0.430. The van der Waals surface area contributed by atoms with Crippen LogP contribution < -0.4 is 19.1 Å². The average molecular weight is 526 g/mol. The summed E-state index contributed by atoms with van der Waals surface area (Å²) in [5.41, 5.74) is 0.390. The Morgan fingerprint density at radius 2 is 1.74 bits per heavy atom. The van der Waals surface area contributed by atoms with Crippen molar-refractivity contribution in [1.29, 1.82) is 0 Å². The largest absolute Gasteiger partial charge is 0.492 e. The second-order valence-corrected chi connectivity index (χ2v) is 11.8. The standard InChI is InChI=1S/C22H27N3O8S2/c1-34(27,28)25-16-21(33-20-5-3-2-4-19(20)25)22(26)23-10-13-32-17-6-8-18(9-7-17)35(29,30)24-11-14-31-15-12-24/h2-9,21H,10-16H2,1H3,(H,23,26)/t21-/m1/s1. The van der Waals surface area contributed by atoms with Gasteiger partial charge in [0.2, 0.25) is 20.0 Å². The third-order valence-electron chi connectivity index (χ3n) is 5.53. The van der Waals surface area contributed by atoms with Crippen LogP contribution in [0.3, 0.4) is 0 Å². The van der Waals surface area contributed by atoms with Gasteiger partial charge in [0.15, 0.2) is 6.10 Å². The van der Waals surface area contributed by atoms with Crippen LogP contribution in [0.25, 0.3) is 0 Å². The van der Waals surface area contributed by atoms with Crippen LogP contribution in [0.5, 0.6) is 11.5 Å². The molecular weight excluding hydrogens is 498 g/mol. The molecule has 0 spiro atoms. The highest BCUT2D eigenvalue weighted by Gasteiger charge is 2.34. The second-order valence-electron chi connectivity index (χ2n) is 8.00. The van der Waals surface area contributed by atoms with E-state index < -0.39 is 32.1 Å². The maximum Gasteiger partial charge on any atom is 0.263 e. The average Bonchev–Trinajstić information content (AvgIpc) is 2.86. The zero-order valence-corrected chi connectivity index (χ0v) is 20.8. The van der Waals surface area contributed by atoms with Crippen LogP contribution in [0.4, 0.5) is 5.69 Å². The minimum Gasteiger partial charge on any atom is -0.492 e. The highest BCUT2D eigenvalue weighted by Crippen LogP contribution is 2.34. The van der Waals surface area contributed by atoms with E-state index in [1.54, 1.807) is 36.4 Å². The van der Waals surface area contributed by atoms with Gasteiger partial charge in [-0.1, -0.05) is 12.1 Å². The van der Waals surface area contributed by atoms with Crippen molar-refractivity contribution in [2.24, 2.45) is 0 Å². The fraction of sp³-hybridized carbons (Fsp3) is 0.409. The summed E-state index contributed by atoms with van der Waals surface area (Å²) < 4.78 is 68.8. The lowest BCUT2D eigenvalue weighted by molar-refractivity contribution is -0.127. The van der Waals surface area contributed by atoms with Crippen LogP contribution >= 0.6 is 0 Å². The van der Waals surface area contributed by atoms with Crippen molar-refractivity contribution in [2.75, 3.05) is 56.6 Å². The van der Waals surface area contributed by atoms with Gasteiger partial charge in [-0.15, -0.1) is 0 Å². The van der Waals surface area contributed by atoms with Crippen molar-refractivity contribution in [3.05, 3.63) is 48.5 Å². The van der Waals surface area contributed by atoms with Crippen molar-refractivity contribution in [3.63, 3.8) is 0 Å². The van der Waals surface area contributed by atoms with E-state index in [-0.39, 0.29) is 24.6 Å². The Bertz CT molecular complexity index is 1260. The molecule has 11 nitrogen and oxygen atoms in total. The molecule has 2 aromatic carbocycles. The zero-order chi connectivity index (χ0) is 25.1. The summed E-state index contributed by atoms with van der Waals surface area (Å²) in [6.45, 7) is 1.51. The minimum absolute atomic E-state index is 0.125. The fourth-order valence-electron chi connectivity index (χ4n) is 3.75. The number of rotatable bonds is 8. The molecule has 0 aliphatic carbocycles. The maximum absolute atomic E-state index is 12.7. The van der Waals surface area contributed by atoms with Gasteiger partial charge in [-0.2, -0.15) is 4.31 Å². The topological polar surface area (TPSA) is 132 Å². The lowest BCUT2D eigenvalue weighted by Crippen LogP contribution is -2.51. The van der Waals surface area contributed by atoms with E-state index in [4.69, 9.17) is 14.2 Å². The molecule has 13 heteroatoms. The first-order chi connectivity index (χ1) is 16.7. The molecule has 4 rings (SSSR count). The van der Waals surface area contributed by atoms with Gasteiger partial charge in [0.25, 0.3) is 5.91 Å². The van der Waals surface area contributed by atoms with Crippen molar-refractivity contribution >= 4 is 31.6 Å². The Balaban J connectivity index is 1.29. The number of ether oxygens (including phenoxy) is 3. The van der Waals surface area contributed by atoms with Gasteiger partial charge in [0, 0.05) is 13.1 Å². The molecule has 1 N–H and O–H groups in total. The van der Waals surface area contributed by atoms with Crippen LogP contribution in [-0.2, 0) is 29.6 Å². The van der Waals surface area contributed by atoms with Gasteiger partial charge in [0.05, 0.1) is 43.1 Å². The number of carbonyl (C=O) groups excluding carboxylic acids is 1. The quantitative estimate of drug-likeness (QED) is 0.491. The van der Waals surface area contributed by atoms with Gasteiger partial charge < -0.3 is 19.5 Å². The number of fused-ring (bicyclic) bond motifs is 1. The summed E-state index contributed by atoms with van der Waals surface area (Å²) in [7, 11) is -7.18. The number of sulfonamides is 2. The third-order valence-corrected chi connectivity index (χ3v) is 8.59. The number of benzene rings is 2. The van der Waals surface area contributed by atoms with E-state index in [1.165, 1.54) is 16.4 Å². The molecular formula is C22H27N3O8S2. The number of anilines is 1. The molecule has 1 amide bonds. The molecule has 2 heterocycles. The Morgan fingerprint density at radius 1 is 1.06 bits per heavy atom. The second kappa shape index (κ2) is 10.4. The van der Waals surface area contributed by atoms with Crippen molar-refractivity contribution in [2.45, 2.75) is 11.0 Å². The summed E-state index contributed by atoms with van der Waals surface area (Å²) in [5.74, 6) is 0.294.